The Morgan fingerprint density at radius 1 is 1.15 bits per heavy atom. The van der Waals surface area contributed by atoms with Crippen molar-refractivity contribution in [3.05, 3.63) is 24.3 Å². The predicted molar refractivity (Wildman–Crippen MR) is 105 cm³/mol. The maximum atomic E-state index is 5.23. The molecule has 0 N–H and O–H groups in total. The van der Waals surface area contributed by atoms with E-state index < -0.39 is 0 Å². The molecule has 2 heterocycles. The predicted octanol–water partition coefficient (Wildman–Crippen LogP) is 4.09. The largest absolute Gasteiger partial charge is 0.497 e. The number of benzene rings is 1. The molecule has 26 heavy (non-hydrogen) atoms. The Labute approximate surface area is 158 Å². The molecule has 1 atom stereocenters. The molecule has 0 saturated heterocycles. The zero-order valence-corrected chi connectivity index (χ0v) is 17.1. The van der Waals surface area contributed by atoms with Crippen LogP contribution in [0.3, 0.4) is 0 Å². The normalized spacial score (nSPS) is 17.2. The van der Waals surface area contributed by atoms with Gasteiger partial charge in [0, 0.05) is 22.4 Å². The highest BCUT2D eigenvalue weighted by molar-refractivity contribution is 7.18. The molecule has 1 aliphatic rings. The van der Waals surface area contributed by atoms with Crippen LogP contribution in [0.2, 0.25) is 0 Å². The first-order chi connectivity index (χ1) is 12.4. The molecule has 0 bridgehead atoms. The summed E-state index contributed by atoms with van der Waals surface area (Å²) in [5, 5.41) is 17.3. The van der Waals surface area contributed by atoms with Crippen molar-refractivity contribution in [2.24, 2.45) is 5.22 Å². The quantitative estimate of drug-likeness (QED) is 0.712. The van der Waals surface area contributed by atoms with E-state index in [1.165, 1.54) is 0 Å². The van der Waals surface area contributed by atoms with Gasteiger partial charge in [0.2, 0.25) is 5.13 Å². The molecule has 7 nitrogen and oxygen atoms in total. The topological polar surface area (TPSA) is 56.9 Å². The lowest BCUT2D eigenvalue weighted by molar-refractivity contribution is -0.498. The monoisotopic (exact) mass is 375 g/mol. The molecule has 1 aromatic heterocycles. The molecule has 2 aromatic rings. The number of anilines is 2. The van der Waals surface area contributed by atoms with Crippen LogP contribution in [0.5, 0.6) is 5.75 Å². The summed E-state index contributed by atoms with van der Waals surface area (Å²) in [6.45, 7) is 11.6. The van der Waals surface area contributed by atoms with E-state index in [1.807, 2.05) is 34.0 Å². The lowest BCUT2D eigenvalue weighted by Gasteiger charge is -2.29. The van der Waals surface area contributed by atoms with Gasteiger partial charge in [-0.1, -0.05) is 0 Å². The molecule has 1 unspecified atom stereocenters. The zero-order valence-electron chi connectivity index (χ0n) is 16.2. The van der Waals surface area contributed by atoms with E-state index in [0.29, 0.717) is 12.1 Å². The van der Waals surface area contributed by atoms with Crippen LogP contribution in [0.1, 0.15) is 34.6 Å². The number of ether oxygens (including phenoxy) is 1. The lowest BCUT2D eigenvalue weighted by Crippen LogP contribution is -2.36. The highest BCUT2D eigenvalue weighted by atomic mass is 32.1. The van der Waals surface area contributed by atoms with Gasteiger partial charge in [0.05, 0.1) is 7.11 Å². The van der Waals surface area contributed by atoms with Crippen molar-refractivity contribution in [3.8, 4) is 5.75 Å². The minimum absolute atomic E-state index is 0.252. The molecule has 0 aliphatic carbocycles. The Morgan fingerprint density at radius 3 is 2.38 bits per heavy atom. The standard InChI is InChI=1S/C18H27N6OS/c1-12(2)23(13(3)4)18-20-19-17(26-18)22-11-14(5)24(21-22)15-7-9-16(25-6)10-8-15/h7-10,12-14H,11H2,1-6H3/q+1. The van der Waals surface area contributed by atoms with Crippen LogP contribution in [0.15, 0.2) is 29.5 Å². The first-order valence-corrected chi connectivity index (χ1v) is 9.76. The highest BCUT2D eigenvalue weighted by Crippen LogP contribution is 2.32. The Kier molecular flexibility index (Phi) is 5.41. The van der Waals surface area contributed by atoms with Gasteiger partial charge in [0.15, 0.2) is 0 Å². The number of rotatable bonds is 6. The summed E-state index contributed by atoms with van der Waals surface area (Å²) in [6.07, 6.45) is 0. The summed E-state index contributed by atoms with van der Waals surface area (Å²) in [5.74, 6) is 0.841. The Bertz CT molecular complexity index is 762. The third-order valence-electron chi connectivity index (χ3n) is 4.35. The van der Waals surface area contributed by atoms with Crippen LogP contribution in [-0.2, 0) is 0 Å². The van der Waals surface area contributed by atoms with Gasteiger partial charge in [-0.05, 0) is 75.3 Å². The Morgan fingerprint density at radius 2 is 1.81 bits per heavy atom. The molecule has 0 saturated carbocycles. The van der Waals surface area contributed by atoms with E-state index in [9.17, 15) is 0 Å². The number of hydrogen-bond donors (Lipinski definition) is 0. The number of hydrogen-bond acceptors (Lipinski definition) is 7. The maximum Gasteiger partial charge on any atom is 0.367 e. The molecular formula is C18H27N6OS+. The van der Waals surface area contributed by atoms with Crippen LogP contribution in [0.4, 0.5) is 16.0 Å². The minimum atomic E-state index is 0.252. The first kappa shape index (κ1) is 18.6. The van der Waals surface area contributed by atoms with Gasteiger partial charge in [0.25, 0.3) is 0 Å². The van der Waals surface area contributed by atoms with Crippen LogP contribution in [-0.4, -0.2) is 46.7 Å². The van der Waals surface area contributed by atoms with Crippen molar-refractivity contribution in [2.75, 3.05) is 23.6 Å². The van der Waals surface area contributed by atoms with Crippen LogP contribution in [0.25, 0.3) is 0 Å². The molecular weight excluding hydrogens is 348 g/mol. The van der Waals surface area contributed by atoms with E-state index in [1.54, 1.807) is 18.4 Å². The van der Waals surface area contributed by atoms with Gasteiger partial charge in [-0.15, -0.1) is 4.70 Å². The number of nitrogens with zero attached hydrogens (tertiary/aromatic N) is 6. The fraction of sp³-hybridized carbons (Fsp3) is 0.556. The van der Waals surface area contributed by atoms with Crippen molar-refractivity contribution in [3.63, 3.8) is 0 Å². The third-order valence-corrected chi connectivity index (χ3v) is 5.30. The Hall–Kier alpha value is -2.22. The summed E-state index contributed by atoms with van der Waals surface area (Å²) in [7, 11) is 1.67. The fourth-order valence-corrected chi connectivity index (χ4v) is 4.25. The average Bonchev–Trinajstić information content (AvgIpc) is 3.21. The van der Waals surface area contributed by atoms with Gasteiger partial charge in [-0.2, -0.15) is 5.01 Å². The van der Waals surface area contributed by atoms with Gasteiger partial charge in [-0.3, -0.25) is 0 Å². The summed E-state index contributed by atoms with van der Waals surface area (Å²) in [4.78, 5) is 2.28. The summed E-state index contributed by atoms with van der Waals surface area (Å²) in [6, 6.07) is 8.95. The molecule has 8 heteroatoms. The number of aromatic nitrogens is 2. The zero-order chi connectivity index (χ0) is 18.8. The summed E-state index contributed by atoms with van der Waals surface area (Å²) >= 11 is 1.59. The molecule has 0 fully saturated rings. The second kappa shape index (κ2) is 7.57. The van der Waals surface area contributed by atoms with Crippen LogP contribution < -0.4 is 14.6 Å². The van der Waals surface area contributed by atoms with Crippen molar-refractivity contribution in [2.45, 2.75) is 52.7 Å². The maximum absolute atomic E-state index is 5.23. The lowest BCUT2D eigenvalue weighted by atomic mass is 10.2. The smallest absolute Gasteiger partial charge is 0.367 e. The SMILES string of the molecule is COc1ccc(N2N=[N+](c3nnc(N(C(C)C)C(C)C)s3)CC2C)cc1. The van der Waals surface area contributed by atoms with E-state index in [0.717, 1.165) is 28.2 Å². The van der Waals surface area contributed by atoms with E-state index >= 15 is 0 Å². The molecule has 1 aromatic carbocycles. The summed E-state index contributed by atoms with van der Waals surface area (Å²) in [5.41, 5.74) is 1.04. The fourth-order valence-electron chi connectivity index (χ4n) is 3.18. The molecule has 0 spiro atoms. The molecule has 0 amide bonds. The van der Waals surface area contributed by atoms with Crippen molar-refractivity contribution >= 4 is 27.3 Å². The van der Waals surface area contributed by atoms with Crippen molar-refractivity contribution < 1.29 is 9.43 Å². The van der Waals surface area contributed by atoms with E-state index in [2.05, 4.69) is 49.7 Å². The second-order valence-electron chi connectivity index (χ2n) is 7.03. The average molecular weight is 376 g/mol. The molecule has 1 aliphatic heterocycles. The second-order valence-corrected chi connectivity index (χ2v) is 7.96. The third kappa shape index (κ3) is 3.65. The van der Waals surface area contributed by atoms with Crippen LogP contribution in [0, 0.1) is 0 Å². The van der Waals surface area contributed by atoms with Gasteiger partial charge >= 0.3 is 5.13 Å². The van der Waals surface area contributed by atoms with Crippen LogP contribution >= 0.6 is 11.3 Å². The van der Waals surface area contributed by atoms with E-state index in [-0.39, 0.29) is 6.04 Å². The van der Waals surface area contributed by atoms with Crippen molar-refractivity contribution in [1.82, 2.24) is 10.2 Å². The highest BCUT2D eigenvalue weighted by Gasteiger charge is 2.33. The van der Waals surface area contributed by atoms with Crippen molar-refractivity contribution in [1.29, 1.82) is 0 Å². The van der Waals surface area contributed by atoms with Gasteiger partial charge in [0.1, 0.15) is 24.0 Å². The first-order valence-electron chi connectivity index (χ1n) is 8.95. The molecule has 0 radical (unpaired) electrons. The van der Waals surface area contributed by atoms with Gasteiger partial charge in [-0.25, -0.2) is 0 Å². The molecule has 3 rings (SSSR count). The Balaban J connectivity index is 1.83. The number of methoxy groups -OCH3 is 1. The molecule has 140 valence electrons. The van der Waals surface area contributed by atoms with E-state index in [4.69, 9.17) is 9.96 Å². The summed E-state index contributed by atoms with van der Waals surface area (Å²) < 4.78 is 7.17. The minimum Gasteiger partial charge on any atom is -0.497 e. The van der Waals surface area contributed by atoms with Gasteiger partial charge < -0.3 is 9.64 Å².